The van der Waals surface area contributed by atoms with Crippen molar-refractivity contribution in [1.29, 1.82) is 0 Å². The number of hydrogen-bond donors (Lipinski definition) is 2. The van der Waals surface area contributed by atoms with E-state index in [0.29, 0.717) is 16.9 Å². The minimum absolute atomic E-state index is 0. The molecule has 472 valence electrons. The number of benzene rings is 6. The van der Waals surface area contributed by atoms with Crippen LogP contribution >= 0.6 is 0 Å². The molecule has 0 saturated heterocycles. The number of aromatic nitrogens is 7. The van der Waals surface area contributed by atoms with E-state index in [1.165, 1.54) is 13.0 Å². The molecule has 0 saturated carbocycles. The number of aryl methyl sites for hydroxylation is 3. The Morgan fingerprint density at radius 1 is 0.495 bits per heavy atom. The molecule has 0 fully saturated rings. The van der Waals surface area contributed by atoms with Crippen LogP contribution in [-0.4, -0.2) is 108 Å². The van der Waals surface area contributed by atoms with Crippen LogP contribution in [0.3, 0.4) is 0 Å². The van der Waals surface area contributed by atoms with Crippen LogP contribution in [0.25, 0.3) is 94.2 Å². The Hall–Kier alpha value is -10.5. The number of pyridine rings is 3. The lowest BCUT2D eigenvalue weighted by Crippen LogP contribution is -2.30. The Bertz CT molecular complexity index is 4830. The molecular formula is C72H80N10O9. The molecule has 6 aromatic carbocycles. The lowest BCUT2D eigenvalue weighted by Gasteiger charge is -2.19. The number of carbonyl (C=O) groups excluding carboxylic acids is 2. The molecule has 0 aliphatic heterocycles. The first-order valence-corrected chi connectivity index (χ1v) is 27.9. The van der Waals surface area contributed by atoms with Crippen LogP contribution in [0.2, 0.25) is 0 Å². The molecule has 0 amide bonds. The molecule has 91 heavy (non-hydrogen) atoms. The van der Waals surface area contributed by atoms with E-state index < -0.39 is 0 Å². The molecule has 0 aliphatic rings. The summed E-state index contributed by atoms with van der Waals surface area (Å²) in [5.74, 6) is 4.14. The number of hydrogen-bond acceptors (Lipinski definition) is 13. The normalized spacial score (nSPS) is 10.8. The van der Waals surface area contributed by atoms with Gasteiger partial charge >= 0.3 is 0 Å². The van der Waals surface area contributed by atoms with Crippen LogP contribution in [0.1, 0.15) is 49.9 Å². The van der Waals surface area contributed by atoms with Gasteiger partial charge in [0.25, 0.3) is 16.7 Å². The van der Waals surface area contributed by atoms with Crippen molar-refractivity contribution in [3.63, 3.8) is 0 Å². The number of ether oxygens (including phenoxy) is 2. The number of nitrogens with zero attached hydrogens (tertiary/aromatic N) is 9. The smallest absolute Gasteiger partial charge is 0.255 e. The van der Waals surface area contributed by atoms with Crippen LogP contribution in [0.5, 0.6) is 0 Å². The van der Waals surface area contributed by atoms with Gasteiger partial charge in [-0.05, 0) is 130 Å². The number of Topliss-reactive ketones (excluding diaryl/α,β-unsaturated/α-hetero) is 1. The SMILES string of the molecule is C.C.C.CC(=O)c1ccc(-n2c(=O)ccc3c2c2ccccc2n3C)cc1.CN(C)/C=C/C(=O)c1ccc(-n2c(=O)ccc3c2c2ccccc2n3C)cc1.COC(OC)N(C)C.Cn1c2ccccc2c2c1ccc(=O)n2-c1ccc(-c2ccno2)cc1.NO. The Morgan fingerprint density at radius 2 is 0.846 bits per heavy atom. The molecule has 3 N–H and O–H groups in total. The summed E-state index contributed by atoms with van der Waals surface area (Å²) in [6, 6.07) is 58.4. The molecule has 0 aliphatic carbocycles. The second-order valence-electron chi connectivity index (χ2n) is 20.9. The van der Waals surface area contributed by atoms with Gasteiger partial charge in [0.15, 0.2) is 17.3 Å². The first kappa shape index (κ1) is 69.6. The van der Waals surface area contributed by atoms with Crippen molar-refractivity contribution in [1.82, 2.24) is 42.4 Å². The average molecular weight is 1230 g/mol. The zero-order valence-corrected chi connectivity index (χ0v) is 50.5. The molecule has 13 aromatic rings. The second-order valence-corrected chi connectivity index (χ2v) is 20.9. The van der Waals surface area contributed by atoms with Gasteiger partial charge in [-0.25, -0.2) is 5.90 Å². The predicted molar refractivity (Wildman–Crippen MR) is 368 cm³/mol. The van der Waals surface area contributed by atoms with Crippen LogP contribution in [0.15, 0.2) is 225 Å². The number of ketones is 2. The molecule has 19 heteroatoms. The number of allylic oxidation sites excluding steroid dienone is 1. The highest BCUT2D eigenvalue weighted by Gasteiger charge is 2.18. The topological polar surface area (TPSA) is 212 Å². The Labute approximate surface area is 528 Å². The summed E-state index contributed by atoms with van der Waals surface area (Å²) >= 11 is 0. The van der Waals surface area contributed by atoms with Crippen molar-refractivity contribution < 1.29 is 28.8 Å². The maximum Gasteiger partial charge on any atom is 0.255 e. The lowest BCUT2D eigenvalue weighted by molar-refractivity contribution is -0.179. The van der Waals surface area contributed by atoms with Crippen molar-refractivity contribution in [2.75, 3.05) is 42.4 Å². The maximum atomic E-state index is 12.8. The zero-order chi connectivity index (χ0) is 62.9. The average Bonchev–Trinajstić information content (AvgIpc) is 1.65. The van der Waals surface area contributed by atoms with Crippen molar-refractivity contribution in [2.24, 2.45) is 27.0 Å². The van der Waals surface area contributed by atoms with E-state index in [1.807, 2.05) is 193 Å². The van der Waals surface area contributed by atoms with Crippen molar-refractivity contribution in [2.45, 2.75) is 35.6 Å². The summed E-state index contributed by atoms with van der Waals surface area (Å²) in [5, 5.41) is 13.3. The van der Waals surface area contributed by atoms with Crippen molar-refractivity contribution >= 4 is 77.4 Å². The van der Waals surface area contributed by atoms with E-state index in [1.54, 1.807) is 82.8 Å². The highest BCUT2D eigenvalue weighted by molar-refractivity contribution is 6.09. The van der Waals surface area contributed by atoms with Gasteiger partial charge in [-0.3, -0.25) is 42.6 Å². The van der Waals surface area contributed by atoms with Gasteiger partial charge in [0.1, 0.15) is 0 Å². The minimum atomic E-state index is -0.213. The molecule has 0 radical (unpaired) electrons. The summed E-state index contributed by atoms with van der Waals surface area (Å²) in [5.41, 5.74) is 13.1. The van der Waals surface area contributed by atoms with Gasteiger partial charge in [-0.15, -0.1) is 0 Å². The third kappa shape index (κ3) is 14.2. The Balaban J connectivity index is 0.000000199. The molecule has 0 atom stereocenters. The fourth-order valence-electron chi connectivity index (χ4n) is 10.8. The largest absolute Gasteiger partial charge is 0.383 e. The summed E-state index contributed by atoms with van der Waals surface area (Å²) in [7, 11) is 16.7. The summed E-state index contributed by atoms with van der Waals surface area (Å²) in [4.78, 5) is 65.5. The molecular weight excluding hydrogens is 1150 g/mol. The third-order valence-electron chi connectivity index (χ3n) is 15.0. The molecule has 7 aromatic heterocycles. The van der Waals surface area contributed by atoms with E-state index in [0.717, 1.165) is 88.4 Å². The summed E-state index contributed by atoms with van der Waals surface area (Å²) in [6.45, 7) is 1.53. The highest BCUT2D eigenvalue weighted by Crippen LogP contribution is 2.32. The van der Waals surface area contributed by atoms with Gasteiger partial charge in [0.2, 0.25) is 6.41 Å². The minimum Gasteiger partial charge on any atom is -0.383 e. The third-order valence-corrected chi connectivity index (χ3v) is 15.0. The number of rotatable bonds is 11. The molecule has 7 heterocycles. The first-order valence-electron chi connectivity index (χ1n) is 27.9. The number of nitrogens with two attached hydrogens (primary N) is 1. The number of methoxy groups -OCH3 is 2. The molecule has 0 unspecified atom stereocenters. The van der Waals surface area contributed by atoms with E-state index in [-0.39, 0.29) is 56.9 Å². The summed E-state index contributed by atoms with van der Waals surface area (Å²) < 4.78 is 26.4. The first-order chi connectivity index (χ1) is 42.5. The van der Waals surface area contributed by atoms with Crippen LogP contribution in [0.4, 0.5) is 0 Å². The van der Waals surface area contributed by atoms with Gasteiger partial charge in [0, 0.05) is 136 Å². The van der Waals surface area contributed by atoms with Crippen LogP contribution in [-0.2, 0) is 30.6 Å². The van der Waals surface area contributed by atoms with E-state index >= 15 is 0 Å². The maximum absolute atomic E-state index is 12.8. The summed E-state index contributed by atoms with van der Waals surface area (Å²) in [6.07, 6.45) is 4.66. The molecule has 19 nitrogen and oxygen atoms in total. The standard InChI is InChI=1S/C23H21N3O2.C21H15N3O2.C20H16N2O2.C5H13NO2.3CH4.H3NO/c1-24(2)15-14-21(27)16-8-10-17(11-9-16)26-22(28)13-12-20-23(26)18-6-4-5-7-19(18)25(20)3;1-23-17-5-3-2-4-16(17)21-18(23)10-11-20(25)24(21)15-8-6-14(7-9-15)19-12-13-22-26-19;1-13(23)14-7-9-15(10-8-14)22-19(24)12-11-18-20(22)16-5-3-4-6-17(16)21(18)2;1-6(2)5(7-3)8-4;;;;1-2/h4-15H,1-3H3;2-13H,1H3;3-12H,1-2H3;5H,1-4H3;3*1H4;2H,1H2/b15-14+;;;;;;;. The van der Waals surface area contributed by atoms with Crippen LogP contribution < -0.4 is 22.6 Å². The predicted octanol–water partition coefficient (Wildman–Crippen LogP) is 12.9. The second kappa shape index (κ2) is 30.6. The number of carbonyl (C=O) groups is 2. The van der Waals surface area contributed by atoms with E-state index in [9.17, 15) is 24.0 Å². The molecule has 0 bridgehead atoms. The quantitative estimate of drug-likeness (QED) is 0.0535. The number of para-hydroxylation sites is 3. The Morgan fingerprint density at radius 3 is 1.15 bits per heavy atom. The van der Waals surface area contributed by atoms with E-state index in [2.05, 4.69) is 36.9 Å². The van der Waals surface area contributed by atoms with Gasteiger partial charge in [-0.2, -0.15) is 0 Å². The zero-order valence-electron chi connectivity index (χ0n) is 50.5. The van der Waals surface area contributed by atoms with Crippen LogP contribution in [0, 0.1) is 0 Å². The van der Waals surface area contributed by atoms with E-state index in [4.69, 9.17) is 19.2 Å². The number of fused-ring (bicyclic) bond motifs is 9. The van der Waals surface area contributed by atoms with Crippen molar-refractivity contribution in [3.8, 4) is 28.4 Å². The van der Waals surface area contributed by atoms with Gasteiger partial charge in [-0.1, -0.05) is 82.0 Å². The fraction of sp³-hybridized carbons (Fsp3) is 0.194. The Kier molecular flexibility index (Phi) is 23.4. The fourth-order valence-corrected chi connectivity index (χ4v) is 10.8. The highest BCUT2D eigenvalue weighted by atomic mass is 16.7. The van der Waals surface area contributed by atoms with Gasteiger partial charge in [0.05, 0.1) is 55.8 Å². The molecule has 13 rings (SSSR count). The van der Waals surface area contributed by atoms with Crippen molar-refractivity contribution in [3.05, 3.63) is 249 Å². The molecule has 0 spiro atoms. The lowest BCUT2D eigenvalue weighted by atomic mass is 10.1. The van der Waals surface area contributed by atoms with Gasteiger partial charge < -0.3 is 37.8 Å². The monoisotopic (exact) mass is 1230 g/mol.